The van der Waals surface area contributed by atoms with Gasteiger partial charge in [0.1, 0.15) is 5.75 Å². The zero-order valence-corrected chi connectivity index (χ0v) is 16.0. The molecule has 3 rings (SSSR count). The van der Waals surface area contributed by atoms with Gasteiger partial charge in [-0.2, -0.15) is 0 Å². The Balaban J connectivity index is 1.47. The van der Waals surface area contributed by atoms with Gasteiger partial charge in [-0.25, -0.2) is 0 Å². The lowest BCUT2D eigenvalue weighted by Crippen LogP contribution is -2.45. The van der Waals surface area contributed by atoms with Gasteiger partial charge in [-0.1, -0.05) is 6.92 Å². The molecule has 27 heavy (non-hydrogen) atoms. The van der Waals surface area contributed by atoms with Crippen molar-refractivity contribution in [2.45, 2.75) is 45.4 Å². The van der Waals surface area contributed by atoms with Crippen molar-refractivity contribution in [3.63, 3.8) is 0 Å². The number of amides is 2. The van der Waals surface area contributed by atoms with Crippen molar-refractivity contribution >= 4 is 17.6 Å². The highest BCUT2D eigenvalue weighted by molar-refractivity contribution is 5.95. The molecule has 1 aromatic rings. The van der Waals surface area contributed by atoms with Crippen LogP contribution in [-0.4, -0.2) is 48.7 Å². The van der Waals surface area contributed by atoms with Crippen LogP contribution in [0.1, 0.15) is 55.8 Å². The molecule has 146 valence electrons. The van der Waals surface area contributed by atoms with Crippen LogP contribution in [0.3, 0.4) is 0 Å². The van der Waals surface area contributed by atoms with Crippen LogP contribution in [0.15, 0.2) is 24.3 Å². The Hall–Kier alpha value is -2.37. The molecule has 0 radical (unpaired) electrons. The third kappa shape index (κ3) is 4.87. The number of ketones is 1. The van der Waals surface area contributed by atoms with Crippen molar-refractivity contribution in [3.8, 4) is 5.75 Å². The average molecular weight is 372 g/mol. The lowest BCUT2D eigenvalue weighted by molar-refractivity contribution is -0.136. The highest BCUT2D eigenvalue weighted by atomic mass is 16.5. The fourth-order valence-corrected chi connectivity index (χ4v) is 3.97. The summed E-state index contributed by atoms with van der Waals surface area (Å²) >= 11 is 0. The second-order valence-electron chi connectivity index (χ2n) is 7.57. The van der Waals surface area contributed by atoms with Crippen molar-refractivity contribution in [1.82, 2.24) is 10.2 Å². The van der Waals surface area contributed by atoms with E-state index in [2.05, 4.69) is 5.32 Å². The van der Waals surface area contributed by atoms with Gasteiger partial charge < -0.3 is 15.0 Å². The highest BCUT2D eigenvalue weighted by Crippen LogP contribution is 2.40. The topological polar surface area (TPSA) is 75.7 Å². The summed E-state index contributed by atoms with van der Waals surface area (Å²) in [6.07, 6.45) is 4.87. The number of piperidine rings is 1. The Morgan fingerprint density at radius 1 is 1.11 bits per heavy atom. The van der Waals surface area contributed by atoms with E-state index in [1.54, 1.807) is 24.3 Å². The number of rotatable bonds is 5. The Labute approximate surface area is 160 Å². The van der Waals surface area contributed by atoms with Crippen LogP contribution in [0.2, 0.25) is 0 Å². The predicted octanol–water partition coefficient (Wildman–Crippen LogP) is 2.57. The summed E-state index contributed by atoms with van der Waals surface area (Å²) in [7, 11) is 0. The minimum atomic E-state index is -0.0126. The maximum Gasteiger partial charge on any atom is 0.260 e. The van der Waals surface area contributed by atoms with E-state index in [-0.39, 0.29) is 29.6 Å². The summed E-state index contributed by atoms with van der Waals surface area (Å²) in [6.45, 7) is 4.03. The van der Waals surface area contributed by atoms with Gasteiger partial charge >= 0.3 is 0 Å². The Bertz CT molecular complexity index is 691. The van der Waals surface area contributed by atoms with Crippen LogP contribution in [0.5, 0.6) is 5.75 Å². The third-order valence-corrected chi connectivity index (χ3v) is 5.90. The predicted molar refractivity (Wildman–Crippen MR) is 102 cm³/mol. The lowest BCUT2D eigenvalue weighted by Gasteiger charge is -2.41. The van der Waals surface area contributed by atoms with Crippen molar-refractivity contribution < 1.29 is 19.1 Å². The minimum Gasteiger partial charge on any atom is -0.484 e. The van der Waals surface area contributed by atoms with E-state index < -0.39 is 0 Å². The first-order chi connectivity index (χ1) is 13.0. The monoisotopic (exact) mass is 372 g/mol. The van der Waals surface area contributed by atoms with Crippen molar-refractivity contribution in [1.29, 1.82) is 0 Å². The summed E-state index contributed by atoms with van der Waals surface area (Å²) in [5.41, 5.74) is 0.854. The van der Waals surface area contributed by atoms with Gasteiger partial charge in [0.25, 0.3) is 5.91 Å². The van der Waals surface area contributed by atoms with Gasteiger partial charge in [0, 0.05) is 38.0 Å². The summed E-state index contributed by atoms with van der Waals surface area (Å²) < 4.78 is 5.60. The Kier molecular flexibility index (Phi) is 6.14. The van der Waals surface area contributed by atoms with Gasteiger partial charge in [0.2, 0.25) is 5.91 Å². The molecule has 2 saturated heterocycles. The highest BCUT2D eigenvalue weighted by Gasteiger charge is 2.37. The molecule has 2 aliphatic rings. The zero-order chi connectivity index (χ0) is 19.3. The van der Waals surface area contributed by atoms with Crippen LogP contribution >= 0.6 is 0 Å². The maximum absolute atomic E-state index is 12.5. The van der Waals surface area contributed by atoms with Crippen LogP contribution in [-0.2, 0) is 9.59 Å². The molecule has 6 nitrogen and oxygen atoms in total. The number of likely N-dealkylation sites (tertiary alicyclic amines) is 1. The van der Waals surface area contributed by atoms with E-state index in [9.17, 15) is 14.4 Å². The number of carbonyl (C=O) groups excluding carboxylic acids is 3. The SMILES string of the molecule is CCC(=O)c1ccc(OCC(=O)N2CCC3(CCNC(=O)CC3)CC2)cc1. The maximum atomic E-state index is 12.5. The molecule has 2 aliphatic heterocycles. The number of carbonyl (C=O) groups is 3. The molecule has 0 unspecified atom stereocenters. The number of benzene rings is 1. The molecule has 0 atom stereocenters. The smallest absolute Gasteiger partial charge is 0.260 e. The first-order valence-electron chi connectivity index (χ1n) is 9.82. The molecule has 2 fully saturated rings. The van der Waals surface area contributed by atoms with Crippen LogP contribution in [0.25, 0.3) is 0 Å². The standard InChI is InChI=1S/C21H28N2O4/c1-2-18(24)16-3-5-17(6-4-16)27-15-20(26)23-13-10-21(11-14-23)8-7-19(25)22-12-9-21/h3-6H,2,7-15H2,1H3,(H,22,25). The molecular formula is C21H28N2O4. The fraction of sp³-hybridized carbons (Fsp3) is 0.571. The molecule has 6 heteroatoms. The van der Waals surface area contributed by atoms with Gasteiger partial charge in [0.15, 0.2) is 12.4 Å². The first kappa shape index (κ1) is 19.4. The van der Waals surface area contributed by atoms with Crippen molar-refractivity contribution in [2.24, 2.45) is 5.41 Å². The summed E-state index contributed by atoms with van der Waals surface area (Å²) in [5, 5.41) is 2.94. The molecule has 0 bridgehead atoms. The van der Waals surface area contributed by atoms with Crippen LogP contribution < -0.4 is 10.1 Å². The molecule has 1 aromatic carbocycles. The number of hydrogen-bond acceptors (Lipinski definition) is 4. The van der Waals surface area contributed by atoms with E-state index in [1.807, 2.05) is 11.8 Å². The van der Waals surface area contributed by atoms with Gasteiger partial charge in [0.05, 0.1) is 0 Å². The normalized spacial score (nSPS) is 19.3. The van der Waals surface area contributed by atoms with Crippen molar-refractivity contribution in [2.75, 3.05) is 26.2 Å². The van der Waals surface area contributed by atoms with Crippen LogP contribution in [0.4, 0.5) is 0 Å². The van der Waals surface area contributed by atoms with E-state index in [0.29, 0.717) is 24.2 Å². The first-order valence-corrected chi connectivity index (χ1v) is 9.82. The second kappa shape index (κ2) is 8.55. The minimum absolute atomic E-state index is 0.00805. The molecule has 1 spiro atoms. The average Bonchev–Trinajstić information content (AvgIpc) is 2.88. The van der Waals surface area contributed by atoms with E-state index >= 15 is 0 Å². The van der Waals surface area contributed by atoms with E-state index in [0.717, 1.165) is 45.3 Å². The molecule has 0 aliphatic carbocycles. The van der Waals surface area contributed by atoms with E-state index in [1.165, 1.54) is 0 Å². The molecule has 0 aromatic heterocycles. The molecular weight excluding hydrogens is 344 g/mol. The quantitative estimate of drug-likeness (QED) is 0.806. The summed E-state index contributed by atoms with van der Waals surface area (Å²) in [4.78, 5) is 37.5. The molecule has 0 saturated carbocycles. The van der Waals surface area contributed by atoms with Crippen LogP contribution in [0, 0.1) is 5.41 Å². The molecule has 2 heterocycles. The fourth-order valence-electron chi connectivity index (χ4n) is 3.97. The number of ether oxygens (including phenoxy) is 1. The Morgan fingerprint density at radius 2 is 1.81 bits per heavy atom. The lowest BCUT2D eigenvalue weighted by atomic mass is 9.73. The second-order valence-corrected chi connectivity index (χ2v) is 7.57. The number of Topliss-reactive ketones (excluding diaryl/α,β-unsaturated/α-hetero) is 1. The molecule has 2 amide bonds. The summed E-state index contributed by atoms with van der Waals surface area (Å²) in [6, 6.07) is 6.93. The number of nitrogens with one attached hydrogen (secondary N) is 1. The van der Waals surface area contributed by atoms with Gasteiger partial charge in [-0.3, -0.25) is 14.4 Å². The van der Waals surface area contributed by atoms with E-state index in [4.69, 9.17) is 4.74 Å². The third-order valence-electron chi connectivity index (χ3n) is 5.90. The number of nitrogens with zero attached hydrogens (tertiary/aromatic N) is 1. The summed E-state index contributed by atoms with van der Waals surface area (Å²) in [5.74, 6) is 0.819. The van der Waals surface area contributed by atoms with Crippen molar-refractivity contribution in [3.05, 3.63) is 29.8 Å². The Morgan fingerprint density at radius 3 is 2.48 bits per heavy atom. The zero-order valence-electron chi connectivity index (χ0n) is 16.0. The molecule has 1 N–H and O–H groups in total. The van der Waals surface area contributed by atoms with Gasteiger partial charge in [-0.15, -0.1) is 0 Å². The number of hydrogen-bond donors (Lipinski definition) is 1. The van der Waals surface area contributed by atoms with Gasteiger partial charge in [-0.05, 0) is 55.4 Å². The largest absolute Gasteiger partial charge is 0.484 e.